The number of pyridine rings is 1. The van der Waals surface area contributed by atoms with Crippen LogP contribution in [0.5, 0.6) is 5.75 Å². The third-order valence-corrected chi connectivity index (χ3v) is 2.35. The first-order valence-electron chi connectivity index (χ1n) is 4.96. The Kier molecular flexibility index (Phi) is 2.85. The molecule has 0 saturated carbocycles. The summed E-state index contributed by atoms with van der Waals surface area (Å²) in [5.41, 5.74) is 5.71. The Bertz CT molecular complexity index is 608. The number of phenols is 1. The minimum absolute atomic E-state index is 0.0526. The lowest BCUT2D eigenvalue weighted by atomic mass is 10.0. The minimum atomic E-state index is -1.21. The highest BCUT2D eigenvalue weighted by Crippen LogP contribution is 2.28. The van der Waals surface area contributed by atoms with Crippen molar-refractivity contribution in [1.29, 1.82) is 0 Å². The fraction of sp³-hybridized carbons (Fsp3) is 0. The van der Waals surface area contributed by atoms with Gasteiger partial charge in [-0.2, -0.15) is 0 Å². The number of halogens is 1. The Morgan fingerprint density at radius 2 is 2.00 bits per heavy atom. The first-order valence-corrected chi connectivity index (χ1v) is 4.96. The van der Waals surface area contributed by atoms with Crippen LogP contribution in [-0.2, 0) is 0 Å². The molecule has 0 unspecified atom stereocenters. The van der Waals surface area contributed by atoms with Gasteiger partial charge in [-0.1, -0.05) is 0 Å². The van der Waals surface area contributed by atoms with Crippen LogP contribution in [0.25, 0.3) is 11.1 Å². The van der Waals surface area contributed by atoms with Gasteiger partial charge in [-0.25, -0.2) is 14.2 Å². The van der Waals surface area contributed by atoms with Crippen molar-refractivity contribution in [3.8, 4) is 16.9 Å². The number of hydrogen-bond acceptors (Lipinski definition) is 4. The van der Waals surface area contributed by atoms with Crippen LogP contribution in [0.1, 0.15) is 10.4 Å². The van der Waals surface area contributed by atoms with E-state index in [2.05, 4.69) is 4.98 Å². The standard InChI is InChI=1S/C12H9FN2O3/c13-7-1-6(2-8(16)3-7)10-5-15-11(14)4-9(10)12(17)18/h1-5,16H,(H2,14,15)(H,17,18). The van der Waals surface area contributed by atoms with Gasteiger partial charge in [-0.3, -0.25) is 0 Å². The number of nitrogens with zero attached hydrogens (tertiary/aromatic N) is 1. The molecule has 0 spiro atoms. The minimum Gasteiger partial charge on any atom is -0.508 e. The Labute approximate surface area is 101 Å². The number of carboxylic acids is 1. The van der Waals surface area contributed by atoms with E-state index in [0.717, 1.165) is 12.1 Å². The zero-order valence-corrected chi connectivity index (χ0v) is 9.09. The van der Waals surface area contributed by atoms with Crippen molar-refractivity contribution in [2.45, 2.75) is 0 Å². The molecule has 0 aliphatic carbocycles. The Morgan fingerprint density at radius 1 is 1.28 bits per heavy atom. The predicted molar refractivity (Wildman–Crippen MR) is 62.7 cm³/mol. The van der Waals surface area contributed by atoms with Gasteiger partial charge >= 0.3 is 5.97 Å². The smallest absolute Gasteiger partial charge is 0.336 e. The molecule has 2 rings (SSSR count). The molecule has 6 heteroatoms. The second-order valence-corrected chi connectivity index (χ2v) is 3.66. The first-order chi connectivity index (χ1) is 8.47. The van der Waals surface area contributed by atoms with Gasteiger partial charge in [0.15, 0.2) is 0 Å². The molecule has 0 aliphatic rings. The van der Waals surface area contributed by atoms with E-state index >= 15 is 0 Å². The van der Waals surface area contributed by atoms with E-state index in [1.165, 1.54) is 18.3 Å². The number of carboxylic acid groups (broad SMARTS) is 1. The van der Waals surface area contributed by atoms with Crippen molar-refractivity contribution in [1.82, 2.24) is 4.98 Å². The summed E-state index contributed by atoms with van der Waals surface area (Å²) in [5.74, 6) is -2.11. The van der Waals surface area contributed by atoms with E-state index in [1.807, 2.05) is 0 Å². The summed E-state index contributed by atoms with van der Waals surface area (Å²) >= 11 is 0. The molecule has 1 aromatic heterocycles. The van der Waals surface area contributed by atoms with Gasteiger partial charge in [-0.15, -0.1) is 0 Å². The normalized spacial score (nSPS) is 10.3. The number of nitrogen functional groups attached to an aromatic ring is 1. The van der Waals surface area contributed by atoms with Crippen LogP contribution in [0, 0.1) is 5.82 Å². The van der Waals surface area contributed by atoms with Crippen molar-refractivity contribution in [3.05, 3.63) is 41.8 Å². The van der Waals surface area contributed by atoms with Crippen LogP contribution in [0.4, 0.5) is 10.2 Å². The molecule has 18 heavy (non-hydrogen) atoms. The van der Waals surface area contributed by atoms with Crippen LogP contribution < -0.4 is 5.73 Å². The highest BCUT2D eigenvalue weighted by Gasteiger charge is 2.14. The second kappa shape index (κ2) is 4.33. The molecule has 1 heterocycles. The van der Waals surface area contributed by atoms with Gasteiger partial charge in [0, 0.05) is 17.8 Å². The Balaban J connectivity index is 2.66. The van der Waals surface area contributed by atoms with Crippen molar-refractivity contribution < 1.29 is 19.4 Å². The Morgan fingerprint density at radius 3 is 2.61 bits per heavy atom. The number of aromatic carboxylic acids is 1. The van der Waals surface area contributed by atoms with E-state index in [0.29, 0.717) is 0 Å². The number of anilines is 1. The van der Waals surface area contributed by atoms with E-state index in [1.54, 1.807) is 0 Å². The molecule has 0 saturated heterocycles. The average molecular weight is 248 g/mol. The van der Waals surface area contributed by atoms with E-state index in [-0.39, 0.29) is 28.3 Å². The topological polar surface area (TPSA) is 96.4 Å². The summed E-state index contributed by atoms with van der Waals surface area (Å²) in [6.07, 6.45) is 1.23. The van der Waals surface area contributed by atoms with Crippen molar-refractivity contribution in [2.75, 3.05) is 5.73 Å². The van der Waals surface area contributed by atoms with E-state index in [4.69, 9.17) is 10.8 Å². The number of aromatic hydroxyl groups is 1. The first kappa shape index (κ1) is 11.8. The molecule has 0 bridgehead atoms. The molecule has 5 nitrogen and oxygen atoms in total. The summed E-state index contributed by atoms with van der Waals surface area (Å²) in [4.78, 5) is 14.8. The number of nitrogens with two attached hydrogens (primary N) is 1. The van der Waals surface area contributed by atoms with Gasteiger partial charge < -0.3 is 15.9 Å². The number of carbonyl (C=O) groups is 1. The summed E-state index contributed by atoms with van der Waals surface area (Å²) in [6, 6.07) is 4.47. The monoisotopic (exact) mass is 248 g/mol. The molecule has 2 aromatic rings. The average Bonchev–Trinajstić information content (AvgIpc) is 2.27. The molecule has 0 fully saturated rings. The fourth-order valence-corrected chi connectivity index (χ4v) is 1.61. The number of benzene rings is 1. The van der Waals surface area contributed by atoms with Crippen LogP contribution >= 0.6 is 0 Å². The van der Waals surface area contributed by atoms with Crippen LogP contribution in [0.15, 0.2) is 30.5 Å². The number of phenolic OH excluding ortho intramolecular Hbond substituents is 1. The van der Waals surface area contributed by atoms with Gasteiger partial charge in [0.25, 0.3) is 0 Å². The van der Waals surface area contributed by atoms with E-state index < -0.39 is 11.8 Å². The van der Waals surface area contributed by atoms with Crippen LogP contribution in [0.3, 0.4) is 0 Å². The highest BCUT2D eigenvalue weighted by atomic mass is 19.1. The number of aromatic nitrogens is 1. The quantitative estimate of drug-likeness (QED) is 0.753. The lowest BCUT2D eigenvalue weighted by Crippen LogP contribution is -2.03. The SMILES string of the molecule is Nc1cc(C(=O)O)c(-c2cc(O)cc(F)c2)cn1. The van der Waals surface area contributed by atoms with Gasteiger partial charge in [-0.05, 0) is 23.8 Å². The summed E-state index contributed by atoms with van der Waals surface area (Å²) in [6.45, 7) is 0. The molecule has 0 aliphatic heterocycles. The Hall–Kier alpha value is -2.63. The maximum atomic E-state index is 13.2. The molecule has 0 amide bonds. The molecule has 4 N–H and O–H groups in total. The summed E-state index contributed by atoms with van der Waals surface area (Å²) < 4.78 is 13.2. The molecule has 1 aromatic carbocycles. The fourth-order valence-electron chi connectivity index (χ4n) is 1.61. The predicted octanol–water partition coefficient (Wildman–Crippen LogP) is 1.87. The summed E-state index contributed by atoms with van der Waals surface area (Å²) in [5, 5.41) is 18.4. The summed E-state index contributed by atoms with van der Waals surface area (Å²) in [7, 11) is 0. The van der Waals surface area contributed by atoms with Gasteiger partial charge in [0.1, 0.15) is 17.4 Å². The molecular formula is C12H9FN2O3. The third-order valence-electron chi connectivity index (χ3n) is 2.35. The van der Waals surface area contributed by atoms with Crippen LogP contribution in [-0.4, -0.2) is 21.2 Å². The van der Waals surface area contributed by atoms with Crippen molar-refractivity contribution in [2.24, 2.45) is 0 Å². The molecule has 0 atom stereocenters. The second-order valence-electron chi connectivity index (χ2n) is 3.66. The third kappa shape index (κ3) is 2.22. The van der Waals surface area contributed by atoms with E-state index in [9.17, 15) is 14.3 Å². The van der Waals surface area contributed by atoms with Gasteiger partial charge in [0.05, 0.1) is 5.56 Å². The molecular weight excluding hydrogens is 239 g/mol. The van der Waals surface area contributed by atoms with Crippen molar-refractivity contribution in [3.63, 3.8) is 0 Å². The lowest BCUT2D eigenvalue weighted by Gasteiger charge is -2.07. The number of hydrogen-bond donors (Lipinski definition) is 3. The number of rotatable bonds is 2. The lowest BCUT2D eigenvalue weighted by molar-refractivity contribution is 0.0697. The van der Waals surface area contributed by atoms with Crippen LogP contribution in [0.2, 0.25) is 0 Å². The zero-order valence-electron chi connectivity index (χ0n) is 9.09. The maximum Gasteiger partial charge on any atom is 0.336 e. The molecule has 92 valence electrons. The maximum absolute atomic E-state index is 13.2. The largest absolute Gasteiger partial charge is 0.508 e. The zero-order chi connectivity index (χ0) is 13.3. The molecule has 0 radical (unpaired) electrons. The van der Waals surface area contributed by atoms with Gasteiger partial charge in [0.2, 0.25) is 0 Å². The highest BCUT2D eigenvalue weighted by molar-refractivity contribution is 5.96. The van der Waals surface area contributed by atoms with Crippen molar-refractivity contribution >= 4 is 11.8 Å².